The van der Waals surface area contributed by atoms with Crippen LogP contribution in [0.2, 0.25) is 0 Å². The van der Waals surface area contributed by atoms with Gasteiger partial charge in [0.25, 0.3) is 0 Å². The summed E-state index contributed by atoms with van der Waals surface area (Å²) in [6, 6.07) is 0. The van der Waals surface area contributed by atoms with Crippen LogP contribution < -0.4 is 0 Å². The Bertz CT molecular complexity index is 105. The van der Waals surface area contributed by atoms with E-state index >= 15 is 0 Å². The zero-order valence-corrected chi connectivity index (χ0v) is 5.45. The Hall–Kier alpha value is -0.300. The summed E-state index contributed by atoms with van der Waals surface area (Å²) in [5.41, 5.74) is 0. The summed E-state index contributed by atoms with van der Waals surface area (Å²) in [7, 11) is 0. The van der Waals surface area contributed by atoms with E-state index in [4.69, 9.17) is 11.6 Å². The molecule has 0 rings (SSSR count). The van der Waals surface area contributed by atoms with Gasteiger partial charge in [0.15, 0.2) is 0 Å². The van der Waals surface area contributed by atoms with Gasteiger partial charge in [0, 0.05) is 0 Å². The molecule has 0 bridgehead atoms. The van der Waals surface area contributed by atoms with Crippen LogP contribution in [0, 0.1) is 0 Å². The van der Waals surface area contributed by atoms with Crippen molar-refractivity contribution in [1.29, 1.82) is 0 Å². The number of hydrogen-bond acceptors (Lipinski definition) is 0. The summed E-state index contributed by atoms with van der Waals surface area (Å²) in [5.74, 6) is -0.368. The van der Waals surface area contributed by atoms with Gasteiger partial charge in [-0.3, -0.25) is 0 Å². The quantitative estimate of drug-likeness (QED) is 0.402. The third kappa shape index (κ3) is 3.88. The first-order valence-corrected chi connectivity index (χ1v) is 2.74. The predicted octanol–water partition coefficient (Wildman–Crippen LogP) is 2.65. The van der Waals surface area contributed by atoms with Gasteiger partial charge in [-0.2, -0.15) is 0 Å². The lowest BCUT2D eigenvalue weighted by Gasteiger charge is -1.88. The molecule has 0 N–H and O–H groups in total. The second-order valence-corrected chi connectivity index (χ2v) is 2.12. The molecule has 46 valence electrons. The standard InChI is InChI=1S/C6H8ClF/c1-3-6(8)4-5(2)7/h3-5H,1H2,2H3/b6-4+. The number of rotatable bonds is 2. The molecule has 0 aromatic rings. The summed E-state index contributed by atoms with van der Waals surface area (Å²) in [6.07, 6.45) is 2.41. The van der Waals surface area contributed by atoms with Crippen LogP contribution in [0.5, 0.6) is 0 Å². The minimum Gasteiger partial charge on any atom is -0.207 e. The molecule has 0 aliphatic rings. The summed E-state index contributed by atoms with van der Waals surface area (Å²) >= 11 is 5.39. The lowest BCUT2D eigenvalue weighted by atomic mass is 10.4. The van der Waals surface area contributed by atoms with Crippen molar-refractivity contribution in [2.75, 3.05) is 0 Å². The van der Waals surface area contributed by atoms with Crippen LogP contribution in [0.25, 0.3) is 0 Å². The lowest BCUT2D eigenvalue weighted by Crippen LogP contribution is -1.81. The van der Waals surface area contributed by atoms with Gasteiger partial charge in [0.1, 0.15) is 5.83 Å². The van der Waals surface area contributed by atoms with E-state index in [9.17, 15) is 4.39 Å². The number of allylic oxidation sites excluding steroid dienone is 3. The first kappa shape index (κ1) is 7.70. The maximum atomic E-state index is 12.0. The molecular weight excluding hydrogens is 127 g/mol. The SMILES string of the molecule is C=C/C(F)=C\C(C)Cl. The molecule has 0 nitrogen and oxygen atoms in total. The topological polar surface area (TPSA) is 0 Å². The molecule has 0 radical (unpaired) electrons. The molecule has 1 unspecified atom stereocenters. The van der Waals surface area contributed by atoms with Gasteiger partial charge in [-0.15, -0.1) is 11.6 Å². The highest BCUT2D eigenvalue weighted by Crippen LogP contribution is 2.03. The first-order valence-electron chi connectivity index (χ1n) is 2.30. The highest BCUT2D eigenvalue weighted by molar-refractivity contribution is 6.21. The van der Waals surface area contributed by atoms with Gasteiger partial charge in [0.2, 0.25) is 0 Å². The maximum absolute atomic E-state index is 12.0. The van der Waals surface area contributed by atoms with E-state index in [-0.39, 0.29) is 11.2 Å². The predicted molar refractivity (Wildman–Crippen MR) is 34.7 cm³/mol. The Morgan fingerprint density at radius 2 is 2.38 bits per heavy atom. The summed E-state index contributed by atoms with van der Waals surface area (Å²) < 4.78 is 12.0. The van der Waals surface area contributed by atoms with E-state index in [1.54, 1.807) is 6.92 Å². The summed E-state index contributed by atoms with van der Waals surface area (Å²) in [6.45, 7) is 4.90. The lowest BCUT2D eigenvalue weighted by molar-refractivity contribution is 0.662. The fourth-order valence-corrected chi connectivity index (χ4v) is 0.408. The number of halogens is 2. The van der Waals surface area contributed by atoms with Crippen molar-refractivity contribution in [3.05, 3.63) is 24.6 Å². The Kier molecular flexibility index (Phi) is 3.53. The van der Waals surface area contributed by atoms with Gasteiger partial charge in [-0.1, -0.05) is 6.58 Å². The number of hydrogen-bond donors (Lipinski definition) is 0. The van der Waals surface area contributed by atoms with E-state index in [2.05, 4.69) is 6.58 Å². The highest BCUT2D eigenvalue weighted by atomic mass is 35.5. The van der Waals surface area contributed by atoms with Crippen molar-refractivity contribution in [1.82, 2.24) is 0 Å². The van der Waals surface area contributed by atoms with Gasteiger partial charge in [0.05, 0.1) is 5.38 Å². The Morgan fingerprint density at radius 3 is 2.50 bits per heavy atom. The monoisotopic (exact) mass is 134 g/mol. The largest absolute Gasteiger partial charge is 0.207 e. The van der Waals surface area contributed by atoms with E-state index in [0.717, 1.165) is 6.08 Å². The average molecular weight is 135 g/mol. The Labute approximate surface area is 53.7 Å². The van der Waals surface area contributed by atoms with E-state index in [0.29, 0.717) is 0 Å². The molecule has 0 aliphatic carbocycles. The molecule has 8 heavy (non-hydrogen) atoms. The smallest absolute Gasteiger partial charge is 0.120 e. The molecule has 0 aliphatic heterocycles. The molecule has 0 fully saturated rings. The fraction of sp³-hybridized carbons (Fsp3) is 0.333. The minimum atomic E-state index is -0.368. The van der Waals surface area contributed by atoms with E-state index in [1.807, 2.05) is 0 Å². The number of alkyl halides is 1. The molecule has 0 spiro atoms. The molecule has 0 amide bonds. The molecule has 0 saturated carbocycles. The van der Waals surface area contributed by atoms with Gasteiger partial charge in [-0.05, 0) is 19.1 Å². The minimum absolute atomic E-state index is 0.256. The second kappa shape index (κ2) is 3.67. The average Bonchev–Trinajstić information content (AvgIpc) is 1.65. The van der Waals surface area contributed by atoms with Crippen molar-refractivity contribution in [2.24, 2.45) is 0 Å². The van der Waals surface area contributed by atoms with Crippen LogP contribution in [0.3, 0.4) is 0 Å². The van der Waals surface area contributed by atoms with Crippen molar-refractivity contribution in [3.8, 4) is 0 Å². The molecule has 0 heterocycles. The molecule has 0 aromatic carbocycles. The molecule has 0 aromatic heterocycles. The van der Waals surface area contributed by atoms with Crippen molar-refractivity contribution >= 4 is 11.6 Å². The zero-order valence-electron chi connectivity index (χ0n) is 4.70. The van der Waals surface area contributed by atoms with Gasteiger partial charge in [-0.25, -0.2) is 4.39 Å². The van der Waals surface area contributed by atoms with E-state index in [1.165, 1.54) is 6.08 Å². The first-order chi connectivity index (χ1) is 3.66. The molecule has 0 saturated heterocycles. The highest BCUT2D eigenvalue weighted by Gasteiger charge is 1.90. The van der Waals surface area contributed by atoms with Crippen LogP contribution in [0.4, 0.5) is 4.39 Å². The normalized spacial score (nSPS) is 15.6. The van der Waals surface area contributed by atoms with Gasteiger partial charge >= 0.3 is 0 Å². The third-order valence-corrected chi connectivity index (χ3v) is 0.710. The van der Waals surface area contributed by atoms with Crippen LogP contribution in [-0.2, 0) is 0 Å². The molecular formula is C6H8ClF. The zero-order chi connectivity index (χ0) is 6.57. The molecule has 2 heteroatoms. The van der Waals surface area contributed by atoms with Crippen LogP contribution in [0.15, 0.2) is 24.6 Å². The van der Waals surface area contributed by atoms with Crippen LogP contribution >= 0.6 is 11.6 Å². The fourth-order valence-electron chi connectivity index (χ4n) is 0.287. The van der Waals surface area contributed by atoms with Crippen molar-refractivity contribution < 1.29 is 4.39 Å². The second-order valence-electron chi connectivity index (χ2n) is 1.43. The van der Waals surface area contributed by atoms with Gasteiger partial charge < -0.3 is 0 Å². The molecule has 1 atom stereocenters. The maximum Gasteiger partial charge on any atom is 0.120 e. The summed E-state index contributed by atoms with van der Waals surface area (Å²) in [4.78, 5) is 0. The van der Waals surface area contributed by atoms with Crippen molar-refractivity contribution in [2.45, 2.75) is 12.3 Å². The van der Waals surface area contributed by atoms with Crippen LogP contribution in [0.1, 0.15) is 6.92 Å². The summed E-state index contributed by atoms with van der Waals surface area (Å²) in [5, 5.41) is -0.256. The Balaban J connectivity index is 3.74. The Morgan fingerprint density at radius 1 is 1.88 bits per heavy atom. The van der Waals surface area contributed by atoms with Crippen LogP contribution in [-0.4, -0.2) is 5.38 Å². The van der Waals surface area contributed by atoms with Crippen molar-refractivity contribution in [3.63, 3.8) is 0 Å². The third-order valence-electron chi connectivity index (χ3n) is 0.584. The van der Waals surface area contributed by atoms with E-state index < -0.39 is 0 Å².